The van der Waals surface area contributed by atoms with Gasteiger partial charge in [0.1, 0.15) is 5.69 Å². The van der Waals surface area contributed by atoms with E-state index in [-0.39, 0.29) is 16.6 Å². The maximum atomic E-state index is 12.2. The summed E-state index contributed by atoms with van der Waals surface area (Å²) in [6, 6.07) is 1.25. The summed E-state index contributed by atoms with van der Waals surface area (Å²) >= 11 is 2.94. The first-order valence-corrected chi connectivity index (χ1v) is 4.45. The van der Waals surface area contributed by atoms with Crippen molar-refractivity contribution < 1.29 is 13.2 Å². The molecule has 72 valence electrons. The molecule has 0 radical (unpaired) electrons. The fourth-order valence-electron chi connectivity index (χ4n) is 0.886. The number of aromatic nitrogens is 1. The number of hydrogen-bond acceptors (Lipinski definition) is 2. The minimum Gasteiger partial charge on any atom is -0.397 e. The molecule has 0 aliphatic heterocycles. The molecule has 0 aliphatic rings. The van der Waals surface area contributed by atoms with E-state index in [1.54, 1.807) is 0 Å². The molecule has 0 unspecified atom stereocenters. The molecule has 1 aromatic heterocycles. The minimum atomic E-state index is -4.42. The summed E-state index contributed by atoms with van der Waals surface area (Å²) in [7, 11) is 0. The SMILES string of the molecule is Nc1cnc(C(F)(F)F)c(CBr)c1. The third-order valence-corrected chi connectivity index (χ3v) is 2.00. The zero-order chi connectivity index (χ0) is 10.1. The van der Waals surface area contributed by atoms with Crippen LogP contribution in [0.4, 0.5) is 18.9 Å². The van der Waals surface area contributed by atoms with Crippen molar-refractivity contribution in [3.63, 3.8) is 0 Å². The molecule has 2 N–H and O–H groups in total. The maximum absolute atomic E-state index is 12.2. The summed E-state index contributed by atoms with van der Waals surface area (Å²) in [5.41, 5.74) is 4.68. The fraction of sp³-hybridized carbons (Fsp3) is 0.286. The van der Waals surface area contributed by atoms with E-state index in [0.29, 0.717) is 0 Å². The number of nitrogen functional groups attached to an aromatic ring is 1. The van der Waals surface area contributed by atoms with Gasteiger partial charge < -0.3 is 5.73 Å². The average Bonchev–Trinajstić information content (AvgIpc) is 2.01. The standard InChI is InChI=1S/C7H6BrF3N2/c8-2-4-1-5(12)3-13-6(4)7(9,10)11/h1,3H,2,12H2. The summed E-state index contributed by atoms with van der Waals surface area (Å²) in [6.07, 6.45) is -3.42. The van der Waals surface area contributed by atoms with Crippen molar-refractivity contribution in [2.45, 2.75) is 11.5 Å². The number of nitrogens with zero attached hydrogens (tertiary/aromatic N) is 1. The second kappa shape index (κ2) is 3.53. The molecule has 1 rings (SSSR count). The summed E-state index contributed by atoms with van der Waals surface area (Å²) in [6.45, 7) is 0. The number of hydrogen-bond donors (Lipinski definition) is 1. The molecule has 2 nitrogen and oxygen atoms in total. The Labute approximate surface area is 81.1 Å². The lowest BCUT2D eigenvalue weighted by Crippen LogP contribution is -2.11. The van der Waals surface area contributed by atoms with Crippen LogP contribution in [0.15, 0.2) is 12.3 Å². The Bertz CT molecular complexity index is 311. The summed E-state index contributed by atoms with van der Waals surface area (Å²) in [5, 5.41) is 0.0832. The van der Waals surface area contributed by atoms with E-state index in [0.717, 1.165) is 6.20 Å². The highest BCUT2D eigenvalue weighted by Crippen LogP contribution is 2.31. The highest BCUT2D eigenvalue weighted by atomic mass is 79.9. The predicted molar refractivity (Wildman–Crippen MR) is 46.3 cm³/mol. The average molecular weight is 255 g/mol. The van der Waals surface area contributed by atoms with Crippen molar-refractivity contribution >= 4 is 21.6 Å². The summed E-state index contributed by atoms with van der Waals surface area (Å²) < 4.78 is 36.7. The zero-order valence-electron chi connectivity index (χ0n) is 6.40. The van der Waals surface area contributed by atoms with Crippen molar-refractivity contribution in [2.75, 3.05) is 5.73 Å². The topological polar surface area (TPSA) is 38.9 Å². The Kier molecular flexibility index (Phi) is 2.80. The molecule has 0 saturated carbocycles. The molecule has 0 atom stereocenters. The van der Waals surface area contributed by atoms with Crippen molar-refractivity contribution in [3.8, 4) is 0 Å². The van der Waals surface area contributed by atoms with Crippen LogP contribution in [-0.4, -0.2) is 4.98 Å². The number of nitrogens with two attached hydrogens (primary N) is 1. The maximum Gasteiger partial charge on any atom is 0.433 e. The van der Waals surface area contributed by atoms with Gasteiger partial charge in [0.2, 0.25) is 0 Å². The van der Waals surface area contributed by atoms with E-state index in [1.165, 1.54) is 6.07 Å². The first-order valence-electron chi connectivity index (χ1n) is 3.32. The van der Waals surface area contributed by atoms with Gasteiger partial charge in [0.15, 0.2) is 0 Å². The van der Waals surface area contributed by atoms with Crippen LogP contribution in [0.3, 0.4) is 0 Å². The van der Waals surface area contributed by atoms with Crippen LogP contribution in [0.1, 0.15) is 11.3 Å². The quantitative estimate of drug-likeness (QED) is 0.783. The van der Waals surface area contributed by atoms with Crippen LogP contribution in [0.5, 0.6) is 0 Å². The Morgan fingerprint density at radius 2 is 2.08 bits per heavy atom. The fourth-order valence-corrected chi connectivity index (χ4v) is 1.31. The molecule has 0 saturated heterocycles. The lowest BCUT2D eigenvalue weighted by Gasteiger charge is -2.09. The zero-order valence-corrected chi connectivity index (χ0v) is 7.98. The minimum absolute atomic E-state index is 0.0486. The number of anilines is 1. The van der Waals surface area contributed by atoms with Crippen LogP contribution in [-0.2, 0) is 11.5 Å². The molecule has 0 bridgehead atoms. The Morgan fingerprint density at radius 1 is 1.46 bits per heavy atom. The highest BCUT2D eigenvalue weighted by molar-refractivity contribution is 9.08. The highest BCUT2D eigenvalue weighted by Gasteiger charge is 2.34. The van der Waals surface area contributed by atoms with Gasteiger partial charge in [-0.25, -0.2) is 4.98 Å². The molecule has 0 amide bonds. The van der Waals surface area contributed by atoms with Gasteiger partial charge in [-0.2, -0.15) is 13.2 Å². The van der Waals surface area contributed by atoms with E-state index in [2.05, 4.69) is 20.9 Å². The molecular formula is C7H6BrF3N2. The van der Waals surface area contributed by atoms with Gasteiger partial charge in [-0.1, -0.05) is 15.9 Å². The smallest absolute Gasteiger partial charge is 0.397 e. The number of halogens is 4. The molecule has 13 heavy (non-hydrogen) atoms. The summed E-state index contributed by atoms with van der Waals surface area (Å²) in [4.78, 5) is 3.24. The van der Waals surface area contributed by atoms with Gasteiger partial charge in [-0.15, -0.1) is 0 Å². The monoisotopic (exact) mass is 254 g/mol. The third-order valence-electron chi connectivity index (χ3n) is 1.40. The summed E-state index contributed by atoms with van der Waals surface area (Å²) in [5.74, 6) is 0. The van der Waals surface area contributed by atoms with Crippen LogP contribution < -0.4 is 5.73 Å². The van der Waals surface area contributed by atoms with Gasteiger partial charge in [0.05, 0.1) is 11.9 Å². The van der Waals surface area contributed by atoms with Gasteiger partial charge in [-0.3, -0.25) is 0 Å². The lowest BCUT2D eigenvalue weighted by atomic mass is 10.2. The van der Waals surface area contributed by atoms with E-state index in [1.807, 2.05) is 0 Å². The van der Waals surface area contributed by atoms with Gasteiger partial charge >= 0.3 is 6.18 Å². The van der Waals surface area contributed by atoms with E-state index < -0.39 is 11.9 Å². The first-order chi connectivity index (χ1) is 5.95. The Morgan fingerprint density at radius 3 is 2.54 bits per heavy atom. The van der Waals surface area contributed by atoms with Crippen LogP contribution in [0, 0.1) is 0 Å². The van der Waals surface area contributed by atoms with Crippen molar-refractivity contribution in [2.24, 2.45) is 0 Å². The predicted octanol–water partition coefficient (Wildman–Crippen LogP) is 2.58. The third kappa shape index (κ3) is 2.33. The van der Waals surface area contributed by atoms with Crippen LogP contribution in [0.25, 0.3) is 0 Å². The Balaban J connectivity index is 3.22. The normalized spacial score (nSPS) is 11.7. The lowest BCUT2D eigenvalue weighted by molar-refractivity contribution is -0.141. The molecule has 0 aromatic carbocycles. The number of alkyl halides is 4. The molecule has 1 aromatic rings. The van der Waals surface area contributed by atoms with Crippen molar-refractivity contribution in [1.82, 2.24) is 4.98 Å². The number of rotatable bonds is 1. The largest absolute Gasteiger partial charge is 0.433 e. The molecule has 1 heterocycles. The second-order valence-corrected chi connectivity index (χ2v) is 2.97. The van der Waals surface area contributed by atoms with Crippen molar-refractivity contribution in [3.05, 3.63) is 23.5 Å². The molecule has 0 fully saturated rings. The van der Waals surface area contributed by atoms with Gasteiger partial charge in [0.25, 0.3) is 0 Å². The van der Waals surface area contributed by atoms with Crippen LogP contribution >= 0.6 is 15.9 Å². The van der Waals surface area contributed by atoms with Gasteiger partial charge in [-0.05, 0) is 11.6 Å². The van der Waals surface area contributed by atoms with E-state index in [9.17, 15) is 13.2 Å². The second-order valence-electron chi connectivity index (χ2n) is 2.41. The molecular weight excluding hydrogens is 249 g/mol. The van der Waals surface area contributed by atoms with E-state index in [4.69, 9.17) is 5.73 Å². The van der Waals surface area contributed by atoms with E-state index >= 15 is 0 Å². The Hall–Kier alpha value is -0.780. The van der Waals surface area contributed by atoms with Crippen molar-refractivity contribution in [1.29, 1.82) is 0 Å². The number of pyridine rings is 1. The van der Waals surface area contributed by atoms with Crippen LogP contribution in [0.2, 0.25) is 0 Å². The van der Waals surface area contributed by atoms with Gasteiger partial charge in [0, 0.05) is 5.33 Å². The molecule has 0 aliphatic carbocycles. The first kappa shape index (κ1) is 10.3. The molecule has 0 spiro atoms. The molecule has 6 heteroatoms.